The van der Waals surface area contributed by atoms with Gasteiger partial charge in [-0.2, -0.15) is 10.1 Å². The molecule has 0 fully saturated rings. The summed E-state index contributed by atoms with van der Waals surface area (Å²) in [6.07, 6.45) is 1.90. The third-order valence-electron chi connectivity index (χ3n) is 4.51. The first kappa shape index (κ1) is 20.0. The molecule has 6 nitrogen and oxygen atoms in total. The van der Waals surface area contributed by atoms with Crippen molar-refractivity contribution < 1.29 is 4.79 Å². The van der Waals surface area contributed by atoms with Crippen molar-refractivity contribution in [1.82, 2.24) is 19.3 Å². The first-order valence-corrected chi connectivity index (χ1v) is 10.1. The molecule has 0 spiro atoms. The average Bonchev–Trinajstić information content (AvgIpc) is 3.11. The summed E-state index contributed by atoms with van der Waals surface area (Å²) in [7, 11) is 0. The van der Waals surface area contributed by atoms with Crippen LogP contribution >= 0.6 is 23.8 Å². The maximum absolute atomic E-state index is 12.8. The Morgan fingerprint density at radius 3 is 2.53 bits per heavy atom. The first-order chi connectivity index (χ1) is 14.6. The van der Waals surface area contributed by atoms with Crippen LogP contribution in [0.25, 0.3) is 11.4 Å². The highest BCUT2D eigenvalue weighted by atomic mass is 35.5. The van der Waals surface area contributed by atoms with Crippen molar-refractivity contribution in [2.24, 2.45) is 4.99 Å². The number of halogens is 1. The summed E-state index contributed by atoms with van der Waals surface area (Å²) in [4.78, 5) is 17.1. The van der Waals surface area contributed by atoms with E-state index in [0.29, 0.717) is 27.7 Å². The fourth-order valence-electron chi connectivity index (χ4n) is 3.06. The van der Waals surface area contributed by atoms with E-state index < -0.39 is 0 Å². The molecule has 0 unspecified atom stereocenters. The number of aromatic nitrogens is 4. The van der Waals surface area contributed by atoms with E-state index in [9.17, 15) is 4.79 Å². The number of aromatic amines is 1. The summed E-state index contributed by atoms with van der Waals surface area (Å²) in [6, 6.07) is 22.8. The van der Waals surface area contributed by atoms with Crippen LogP contribution < -0.4 is 5.49 Å². The Hall–Kier alpha value is -3.29. The highest BCUT2D eigenvalue weighted by Gasteiger charge is 2.12. The summed E-state index contributed by atoms with van der Waals surface area (Å²) in [5.41, 5.74) is 2.51. The van der Waals surface area contributed by atoms with E-state index in [4.69, 9.17) is 23.8 Å². The summed E-state index contributed by atoms with van der Waals surface area (Å²) in [6.45, 7) is 0.600. The standard InChI is InChI=1S/C22H18ClN5OS/c23-18-11-9-17(10-12-18)21-25-26-22(30)28(21)15-20(29)24-19-8-4-5-13-27(19)14-16-6-2-1-3-7-16/h1-13H,14-15H2,(H,26,30). The number of carbonyl (C=O) groups is 1. The molecule has 1 N–H and O–H groups in total. The predicted octanol–water partition coefficient (Wildman–Crippen LogP) is 4.24. The Labute approximate surface area is 183 Å². The van der Waals surface area contributed by atoms with Gasteiger partial charge in [0.2, 0.25) is 0 Å². The number of pyridine rings is 1. The average molecular weight is 436 g/mol. The number of carbonyl (C=O) groups excluding carboxylic acids is 1. The number of benzene rings is 2. The SMILES string of the molecule is O=C(Cn1c(-c2ccc(Cl)cc2)n[nH]c1=S)N=c1ccccn1Cc1ccccc1. The number of H-pyrrole nitrogens is 1. The molecule has 30 heavy (non-hydrogen) atoms. The molecule has 2 aromatic heterocycles. The van der Waals surface area contributed by atoms with Gasteiger partial charge < -0.3 is 4.57 Å². The van der Waals surface area contributed by atoms with Crippen LogP contribution in [0.2, 0.25) is 5.02 Å². The largest absolute Gasteiger partial charge is 0.328 e. The van der Waals surface area contributed by atoms with Crippen molar-refractivity contribution >= 4 is 29.7 Å². The second-order valence-electron chi connectivity index (χ2n) is 6.62. The highest BCUT2D eigenvalue weighted by Crippen LogP contribution is 2.20. The third kappa shape index (κ3) is 4.64. The Balaban J connectivity index is 1.62. The topological polar surface area (TPSA) is 68.0 Å². The van der Waals surface area contributed by atoms with E-state index in [-0.39, 0.29) is 12.5 Å². The van der Waals surface area contributed by atoms with Crippen LogP contribution in [0.1, 0.15) is 5.56 Å². The summed E-state index contributed by atoms with van der Waals surface area (Å²) >= 11 is 11.3. The van der Waals surface area contributed by atoms with Crippen LogP contribution in [-0.4, -0.2) is 25.2 Å². The lowest BCUT2D eigenvalue weighted by Gasteiger charge is -2.08. The number of hydrogen-bond donors (Lipinski definition) is 1. The summed E-state index contributed by atoms with van der Waals surface area (Å²) in [5, 5.41) is 7.62. The smallest absolute Gasteiger partial charge is 0.267 e. The van der Waals surface area contributed by atoms with Gasteiger partial charge in [-0.05, 0) is 54.2 Å². The van der Waals surface area contributed by atoms with Crippen molar-refractivity contribution in [2.45, 2.75) is 13.1 Å². The van der Waals surface area contributed by atoms with Gasteiger partial charge >= 0.3 is 0 Å². The Bertz CT molecular complexity index is 1290. The zero-order valence-electron chi connectivity index (χ0n) is 15.9. The van der Waals surface area contributed by atoms with Gasteiger partial charge in [0.05, 0.1) is 0 Å². The lowest BCUT2D eigenvalue weighted by molar-refractivity contribution is -0.118. The van der Waals surface area contributed by atoms with Crippen LogP contribution in [0.3, 0.4) is 0 Å². The van der Waals surface area contributed by atoms with E-state index in [2.05, 4.69) is 15.2 Å². The molecular weight excluding hydrogens is 418 g/mol. The molecule has 0 atom stereocenters. The second kappa shape index (κ2) is 9.02. The van der Waals surface area contributed by atoms with Gasteiger partial charge in [0.1, 0.15) is 12.0 Å². The number of hydrogen-bond acceptors (Lipinski definition) is 3. The predicted molar refractivity (Wildman–Crippen MR) is 118 cm³/mol. The number of nitrogens with zero attached hydrogens (tertiary/aromatic N) is 4. The number of amides is 1. The Morgan fingerprint density at radius 1 is 1.03 bits per heavy atom. The molecule has 4 rings (SSSR count). The highest BCUT2D eigenvalue weighted by molar-refractivity contribution is 7.71. The molecule has 0 aliphatic carbocycles. The monoisotopic (exact) mass is 435 g/mol. The van der Waals surface area contributed by atoms with E-state index in [1.807, 2.05) is 71.4 Å². The first-order valence-electron chi connectivity index (χ1n) is 9.28. The van der Waals surface area contributed by atoms with Gasteiger partial charge in [-0.1, -0.05) is 48.0 Å². The molecule has 0 saturated heterocycles. The minimum absolute atomic E-state index is 0.0203. The minimum atomic E-state index is -0.323. The number of rotatable bonds is 5. The van der Waals surface area contributed by atoms with Crippen LogP contribution in [0.15, 0.2) is 84.0 Å². The molecule has 8 heteroatoms. The molecule has 150 valence electrons. The van der Waals surface area contributed by atoms with Gasteiger partial charge in [0.15, 0.2) is 10.6 Å². The van der Waals surface area contributed by atoms with Crippen LogP contribution in [0, 0.1) is 4.77 Å². The number of nitrogens with one attached hydrogen (secondary N) is 1. The van der Waals surface area contributed by atoms with Crippen molar-refractivity contribution in [3.8, 4) is 11.4 Å². The van der Waals surface area contributed by atoms with Crippen molar-refractivity contribution in [3.05, 3.63) is 99.8 Å². The van der Waals surface area contributed by atoms with Crippen LogP contribution in [0.4, 0.5) is 0 Å². The van der Waals surface area contributed by atoms with E-state index in [0.717, 1.165) is 11.1 Å². The summed E-state index contributed by atoms with van der Waals surface area (Å²) in [5.74, 6) is 0.237. The maximum Gasteiger partial charge on any atom is 0.267 e. The van der Waals surface area contributed by atoms with E-state index in [1.54, 1.807) is 16.7 Å². The molecular formula is C22H18ClN5OS. The lowest BCUT2D eigenvalue weighted by Crippen LogP contribution is -2.23. The van der Waals surface area contributed by atoms with E-state index >= 15 is 0 Å². The third-order valence-corrected chi connectivity index (χ3v) is 5.07. The Morgan fingerprint density at radius 2 is 1.77 bits per heavy atom. The normalized spacial score (nSPS) is 11.6. The van der Waals surface area contributed by atoms with Gasteiger partial charge in [-0.15, -0.1) is 0 Å². The molecule has 0 aliphatic heterocycles. The fraction of sp³-hybridized carbons (Fsp3) is 0.0909. The second-order valence-corrected chi connectivity index (χ2v) is 7.45. The molecule has 2 aromatic carbocycles. The van der Waals surface area contributed by atoms with Crippen LogP contribution in [-0.2, 0) is 17.9 Å². The lowest BCUT2D eigenvalue weighted by atomic mass is 10.2. The molecule has 0 aliphatic rings. The molecule has 0 bridgehead atoms. The van der Waals surface area contributed by atoms with Gasteiger partial charge in [0.25, 0.3) is 5.91 Å². The molecule has 4 aromatic rings. The van der Waals surface area contributed by atoms with Crippen LogP contribution in [0.5, 0.6) is 0 Å². The van der Waals surface area contributed by atoms with Gasteiger partial charge in [0, 0.05) is 23.3 Å². The molecule has 1 amide bonds. The maximum atomic E-state index is 12.8. The fourth-order valence-corrected chi connectivity index (χ4v) is 3.39. The molecule has 0 radical (unpaired) electrons. The van der Waals surface area contributed by atoms with Gasteiger partial charge in [-0.25, -0.2) is 0 Å². The quantitative estimate of drug-likeness (QED) is 0.477. The summed E-state index contributed by atoms with van der Waals surface area (Å²) < 4.78 is 3.92. The molecule has 0 saturated carbocycles. The van der Waals surface area contributed by atoms with Crippen molar-refractivity contribution in [2.75, 3.05) is 0 Å². The minimum Gasteiger partial charge on any atom is -0.328 e. The zero-order valence-corrected chi connectivity index (χ0v) is 17.5. The van der Waals surface area contributed by atoms with Gasteiger partial charge in [-0.3, -0.25) is 14.5 Å². The molecule has 2 heterocycles. The van der Waals surface area contributed by atoms with E-state index in [1.165, 1.54) is 0 Å². The Kier molecular flexibility index (Phi) is 6.02. The van der Waals surface area contributed by atoms with Crippen molar-refractivity contribution in [3.63, 3.8) is 0 Å². The van der Waals surface area contributed by atoms with Crippen molar-refractivity contribution in [1.29, 1.82) is 0 Å². The zero-order chi connectivity index (χ0) is 20.9.